The maximum Gasteiger partial charge on any atom is 0.349 e. The molecule has 0 aliphatic carbocycles. The summed E-state index contributed by atoms with van der Waals surface area (Å²) in [7, 11) is -2.47. The third kappa shape index (κ3) is 2.88. The van der Waals surface area contributed by atoms with Crippen molar-refractivity contribution in [3.63, 3.8) is 0 Å². The molecule has 1 aromatic heterocycles. The van der Waals surface area contributed by atoms with Crippen molar-refractivity contribution >= 4 is 27.3 Å². The largest absolute Gasteiger partial charge is 0.465 e. The molecule has 0 aromatic carbocycles. The van der Waals surface area contributed by atoms with Crippen LogP contribution in [0.15, 0.2) is 16.3 Å². The first-order valence-corrected chi connectivity index (χ1v) is 8.49. The molecular formula is C12H17NO5S2. The molecule has 0 bridgehead atoms. The quantitative estimate of drug-likeness (QED) is 0.786. The van der Waals surface area contributed by atoms with Gasteiger partial charge >= 0.3 is 5.97 Å². The van der Waals surface area contributed by atoms with Crippen molar-refractivity contribution in [3.8, 4) is 0 Å². The van der Waals surface area contributed by atoms with Gasteiger partial charge in [0.25, 0.3) is 0 Å². The van der Waals surface area contributed by atoms with Gasteiger partial charge in [-0.15, -0.1) is 11.3 Å². The number of methoxy groups -OCH3 is 1. The molecule has 1 aromatic rings. The molecule has 2 heterocycles. The second-order valence-corrected chi connectivity index (χ2v) is 7.51. The lowest BCUT2D eigenvalue weighted by Crippen LogP contribution is -2.48. The number of thiophene rings is 1. The molecule has 0 N–H and O–H groups in total. The van der Waals surface area contributed by atoms with Gasteiger partial charge in [0.05, 0.1) is 19.3 Å². The smallest absolute Gasteiger partial charge is 0.349 e. The van der Waals surface area contributed by atoms with Crippen LogP contribution in [0.1, 0.15) is 23.5 Å². The van der Waals surface area contributed by atoms with Crippen molar-refractivity contribution in [3.05, 3.63) is 16.3 Å². The standard InChI is InChI=1S/C12H17NO5S2/c1-8-6-13(7-9(2)18-8)20(15,16)10-4-5-19-11(10)12(14)17-3/h4-5,8-9H,6-7H2,1-3H3/t8-,9-/m1/s1. The zero-order valence-corrected chi connectivity index (χ0v) is 13.2. The summed E-state index contributed by atoms with van der Waals surface area (Å²) in [5.41, 5.74) is 0. The molecule has 1 saturated heterocycles. The predicted molar refractivity (Wildman–Crippen MR) is 74.4 cm³/mol. The normalized spacial score (nSPS) is 24.6. The highest BCUT2D eigenvalue weighted by atomic mass is 32.2. The lowest BCUT2D eigenvalue weighted by atomic mass is 10.3. The Morgan fingerprint density at radius 3 is 2.55 bits per heavy atom. The fraction of sp³-hybridized carbons (Fsp3) is 0.583. The monoisotopic (exact) mass is 319 g/mol. The van der Waals surface area contributed by atoms with Crippen LogP contribution < -0.4 is 0 Å². The molecule has 1 fully saturated rings. The Bertz CT molecular complexity index is 585. The first-order chi connectivity index (χ1) is 9.36. The maximum atomic E-state index is 12.6. The summed E-state index contributed by atoms with van der Waals surface area (Å²) in [5, 5.41) is 1.58. The van der Waals surface area contributed by atoms with Crippen LogP contribution in [-0.2, 0) is 19.5 Å². The average molecular weight is 319 g/mol. The molecule has 20 heavy (non-hydrogen) atoms. The Labute approximate surface area is 122 Å². The predicted octanol–water partition coefficient (Wildman–Crippen LogP) is 1.33. The summed E-state index contributed by atoms with van der Waals surface area (Å²) in [6, 6.07) is 1.44. The van der Waals surface area contributed by atoms with Gasteiger partial charge in [0.1, 0.15) is 9.77 Å². The number of carbonyl (C=O) groups excluding carboxylic acids is 1. The maximum absolute atomic E-state index is 12.6. The summed E-state index contributed by atoms with van der Waals surface area (Å²) >= 11 is 1.06. The topological polar surface area (TPSA) is 72.9 Å². The summed E-state index contributed by atoms with van der Waals surface area (Å²) in [6.45, 7) is 4.21. The minimum absolute atomic E-state index is 0.00986. The molecule has 1 aliphatic rings. The summed E-state index contributed by atoms with van der Waals surface area (Å²) in [5.74, 6) is -0.632. The summed E-state index contributed by atoms with van der Waals surface area (Å²) < 4.78 is 36.8. The lowest BCUT2D eigenvalue weighted by molar-refractivity contribution is -0.0440. The molecule has 8 heteroatoms. The first kappa shape index (κ1) is 15.4. The van der Waals surface area contributed by atoms with Crippen molar-refractivity contribution in [2.75, 3.05) is 20.2 Å². The van der Waals surface area contributed by atoms with Crippen molar-refractivity contribution in [2.45, 2.75) is 31.0 Å². The van der Waals surface area contributed by atoms with Crippen molar-refractivity contribution in [2.24, 2.45) is 0 Å². The summed E-state index contributed by atoms with van der Waals surface area (Å²) in [4.78, 5) is 11.8. The Kier molecular flexibility index (Phi) is 4.48. The number of esters is 1. The van der Waals surface area contributed by atoms with Gasteiger partial charge in [0, 0.05) is 13.1 Å². The van der Waals surface area contributed by atoms with Crippen LogP contribution in [-0.4, -0.2) is 51.1 Å². The number of hydrogen-bond donors (Lipinski definition) is 0. The van der Waals surface area contributed by atoms with E-state index in [0.29, 0.717) is 0 Å². The highest BCUT2D eigenvalue weighted by molar-refractivity contribution is 7.89. The molecule has 0 amide bonds. The van der Waals surface area contributed by atoms with E-state index in [0.717, 1.165) is 11.3 Å². The second-order valence-electron chi connectivity index (χ2n) is 4.68. The van der Waals surface area contributed by atoms with Gasteiger partial charge in [-0.3, -0.25) is 0 Å². The molecule has 6 nitrogen and oxygen atoms in total. The Balaban J connectivity index is 2.36. The van der Waals surface area contributed by atoms with Crippen molar-refractivity contribution in [1.82, 2.24) is 4.31 Å². The van der Waals surface area contributed by atoms with E-state index in [4.69, 9.17) is 4.74 Å². The number of hydrogen-bond acceptors (Lipinski definition) is 6. The van der Waals surface area contributed by atoms with E-state index in [1.807, 2.05) is 13.8 Å². The Hall–Kier alpha value is -0.960. The Morgan fingerprint density at radius 1 is 1.40 bits per heavy atom. The molecule has 2 atom stereocenters. The van der Waals surface area contributed by atoms with E-state index in [2.05, 4.69) is 4.74 Å². The fourth-order valence-corrected chi connectivity index (χ4v) is 5.11. The van der Waals surface area contributed by atoms with E-state index in [9.17, 15) is 13.2 Å². The van der Waals surface area contributed by atoms with Crippen LogP contribution in [0.5, 0.6) is 0 Å². The first-order valence-electron chi connectivity index (χ1n) is 6.17. The van der Waals surface area contributed by atoms with Crippen LogP contribution in [0.4, 0.5) is 0 Å². The lowest BCUT2D eigenvalue weighted by Gasteiger charge is -2.34. The molecule has 0 radical (unpaired) electrons. The molecule has 1 aliphatic heterocycles. The van der Waals surface area contributed by atoms with Gasteiger partial charge in [0.2, 0.25) is 10.0 Å². The minimum atomic E-state index is -3.71. The van der Waals surface area contributed by atoms with E-state index in [1.54, 1.807) is 5.38 Å². The number of ether oxygens (including phenoxy) is 2. The zero-order valence-electron chi connectivity index (χ0n) is 11.5. The van der Waals surface area contributed by atoms with Gasteiger partial charge in [-0.25, -0.2) is 13.2 Å². The SMILES string of the molecule is COC(=O)c1sccc1S(=O)(=O)N1C[C@@H](C)O[C@H](C)C1. The number of morpholine rings is 1. The highest BCUT2D eigenvalue weighted by Crippen LogP contribution is 2.27. The van der Waals surface area contributed by atoms with Crippen LogP contribution in [0.25, 0.3) is 0 Å². The van der Waals surface area contributed by atoms with Gasteiger partial charge in [0.15, 0.2) is 0 Å². The van der Waals surface area contributed by atoms with Gasteiger partial charge in [-0.05, 0) is 25.3 Å². The van der Waals surface area contributed by atoms with Crippen LogP contribution >= 0.6 is 11.3 Å². The number of sulfonamides is 1. The van der Waals surface area contributed by atoms with Crippen LogP contribution in [0, 0.1) is 0 Å². The zero-order chi connectivity index (χ0) is 14.9. The molecule has 2 rings (SSSR count). The fourth-order valence-electron chi connectivity index (χ4n) is 2.21. The average Bonchev–Trinajstić information content (AvgIpc) is 2.86. The van der Waals surface area contributed by atoms with Gasteiger partial charge in [-0.1, -0.05) is 0 Å². The Morgan fingerprint density at radius 2 is 2.00 bits per heavy atom. The van der Waals surface area contributed by atoms with E-state index in [1.165, 1.54) is 17.5 Å². The third-order valence-electron chi connectivity index (χ3n) is 3.00. The van der Waals surface area contributed by atoms with E-state index >= 15 is 0 Å². The highest BCUT2D eigenvalue weighted by Gasteiger charge is 2.35. The molecule has 112 valence electrons. The third-order valence-corrected chi connectivity index (χ3v) is 5.90. The van der Waals surface area contributed by atoms with E-state index in [-0.39, 0.29) is 35.1 Å². The summed E-state index contributed by atoms with van der Waals surface area (Å²) in [6.07, 6.45) is -0.345. The molecule has 0 saturated carbocycles. The minimum Gasteiger partial charge on any atom is -0.465 e. The van der Waals surface area contributed by atoms with Gasteiger partial charge in [-0.2, -0.15) is 4.31 Å². The van der Waals surface area contributed by atoms with E-state index < -0.39 is 16.0 Å². The molecule has 0 spiro atoms. The molecular weight excluding hydrogens is 302 g/mol. The van der Waals surface area contributed by atoms with Crippen LogP contribution in [0.3, 0.4) is 0 Å². The van der Waals surface area contributed by atoms with Crippen LogP contribution in [0.2, 0.25) is 0 Å². The number of carbonyl (C=O) groups is 1. The van der Waals surface area contributed by atoms with Crippen molar-refractivity contribution < 1.29 is 22.7 Å². The molecule has 0 unspecified atom stereocenters. The second kappa shape index (κ2) is 5.80. The number of nitrogens with zero attached hydrogens (tertiary/aromatic N) is 1. The van der Waals surface area contributed by atoms with Gasteiger partial charge < -0.3 is 9.47 Å². The van der Waals surface area contributed by atoms with Crippen molar-refractivity contribution in [1.29, 1.82) is 0 Å². The number of rotatable bonds is 3.